The highest BCUT2D eigenvalue weighted by Crippen LogP contribution is 2.25. The lowest BCUT2D eigenvalue weighted by Crippen LogP contribution is -2.04. The molecule has 2 aromatic rings. The average molecular weight is 220 g/mol. The molecule has 0 spiro atoms. The Kier molecular flexibility index (Phi) is 3.01. The Morgan fingerprint density at radius 3 is 2.94 bits per heavy atom. The highest BCUT2D eigenvalue weighted by Gasteiger charge is 2.11. The monoisotopic (exact) mass is 220 g/mol. The SMILES string of the molecule is CNCc1cnoc1-c1ccc(C)c(F)c1. The van der Waals surface area contributed by atoms with E-state index in [4.69, 9.17) is 4.52 Å². The summed E-state index contributed by atoms with van der Waals surface area (Å²) in [5, 5.41) is 6.74. The van der Waals surface area contributed by atoms with Crippen LogP contribution in [0.25, 0.3) is 11.3 Å². The molecule has 0 unspecified atom stereocenters. The molecule has 2 rings (SSSR count). The summed E-state index contributed by atoms with van der Waals surface area (Å²) in [5.74, 6) is 0.387. The van der Waals surface area contributed by atoms with E-state index in [-0.39, 0.29) is 5.82 Å². The summed E-state index contributed by atoms with van der Waals surface area (Å²) in [4.78, 5) is 0. The molecule has 3 nitrogen and oxygen atoms in total. The van der Waals surface area contributed by atoms with E-state index >= 15 is 0 Å². The number of aryl methyl sites for hydroxylation is 1. The number of halogens is 1. The van der Waals surface area contributed by atoms with Crippen LogP contribution in [-0.4, -0.2) is 12.2 Å². The normalized spacial score (nSPS) is 10.7. The van der Waals surface area contributed by atoms with E-state index in [0.717, 1.165) is 5.56 Å². The summed E-state index contributed by atoms with van der Waals surface area (Å²) >= 11 is 0. The zero-order chi connectivity index (χ0) is 11.5. The molecule has 0 saturated heterocycles. The number of nitrogens with zero attached hydrogens (tertiary/aromatic N) is 1. The van der Waals surface area contributed by atoms with E-state index in [9.17, 15) is 4.39 Å². The van der Waals surface area contributed by atoms with Crippen molar-refractivity contribution < 1.29 is 8.91 Å². The molecule has 0 aliphatic rings. The minimum atomic E-state index is -0.232. The Bertz CT molecular complexity index is 494. The Hall–Kier alpha value is -1.68. The van der Waals surface area contributed by atoms with Gasteiger partial charge in [-0.2, -0.15) is 0 Å². The maximum Gasteiger partial charge on any atom is 0.171 e. The summed E-state index contributed by atoms with van der Waals surface area (Å²) < 4.78 is 18.6. The van der Waals surface area contributed by atoms with Crippen LogP contribution >= 0.6 is 0 Å². The fourth-order valence-electron chi connectivity index (χ4n) is 1.55. The highest BCUT2D eigenvalue weighted by molar-refractivity contribution is 5.61. The van der Waals surface area contributed by atoms with Crippen LogP contribution in [0.5, 0.6) is 0 Å². The van der Waals surface area contributed by atoms with Crippen molar-refractivity contribution in [2.24, 2.45) is 0 Å². The molecule has 4 heteroatoms. The molecule has 0 atom stereocenters. The third-order valence-corrected chi connectivity index (χ3v) is 2.45. The van der Waals surface area contributed by atoms with Gasteiger partial charge >= 0.3 is 0 Å². The fraction of sp³-hybridized carbons (Fsp3) is 0.250. The standard InChI is InChI=1S/C12H13FN2O/c1-8-3-4-9(5-11(8)13)12-10(6-14-2)7-15-16-12/h3-5,7,14H,6H2,1-2H3. The van der Waals surface area contributed by atoms with Gasteiger partial charge in [0.1, 0.15) is 5.82 Å². The average Bonchev–Trinajstić information content (AvgIpc) is 2.71. The van der Waals surface area contributed by atoms with Gasteiger partial charge in [0.2, 0.25) is 0 Å². The van der Waals surface area contributed by atoms with E-state index in [0.29, 0.717) is 23.4 Å². The van der Waals surface area contributed by atoms with E-state index in [2.05, 4.69) is 10.5 Å². The van der Waals surface area contributed by atoms with Crippen LogP contribution in [0.15, 0.2) is 28.9 Å². The maximum absolute atomic E-state index is 13.4. The first-order valence-electron chi connectivity index (χ1n) is 5.07. The molecule has 1 N–H and O–H groups in total. The molecule has 0 aliphatic heterocycles. The number of hydrogen-bond donors (Lipinski definition) is 1. The van der Waals surface area contributed by atoms with Gasteiger partial charge in [0, 0.05) is 17.7 Å². The summed E-state index contributed by atoms with van der Waals surface area (Å²) in [6.07, 6.45) is 1.64. The molecule has 1 aromatic heterocycles. The second kappa shape index (κ2) is 4.45. The van der Waals surface area contributed by atoms with E-state index < -0.39 is 0 Å². The summed E-state index contributed by atoms with van der Waals surface area (Å²) in [7, 11) is 1.84. The summed E-state index contributed by atoms with van der Waals surface area (Å²) in [6, 6.07) is 5.03. The predicted molar refractivity (Wildman–Crippen MR) is 59.4 cm³/mol. The topological polar surface area (TPSA) is 38.1 Å². The van der Waals surface area contributed by atoms with Crippen molar-refractivity contribution in [2.75, 3.05) is 7.05 Å². The highest BCUT2D eigenvalue weighted by atomic mass is 19.1. The summed E-state index contributed by atoms with van der Waals surface area (Å²) in [6.45, 7) is 2.38. The van der Waals surface area contributed by atoms with Crippen LogP contribution in [0.2, 0.25) is 0 Å². The molecule has 84 valence electrons. The van der Waals surface area contributed by atoms with Gasteiger partial charge in [-0.15, -0.1) is 0 Å². The van der Waals surface area contributed by atoms with Crippen molar-refractivity contribution in [1.82, 2.24) is 10.5 Å². The van der Waals surface area contributed by atoms with Crippen LogP contribution in [0.1, 0.15) is 11.1 Å². The maximum atomic E-state index is 13.4. The molecule has 1 aromatic carbocycles. The van der Waals surface area contributed by atoms with E-state index in [1.807, 2.05) is 13.1 Å². The van der Waals surface area contributed by atoms with Gasteiger partial charge in [-0.05, 0) is 25.6 Å². The van der Waals surface area contributed by atoms with Crippen molar-refractivity contribution >= 4 is 0 Å². The lowest BCUT2D eigenvalue weighted by atomic mass is 10.1. The molecule has 1 heterocycles. The third-order valence-electron chi connectivity index (χ3n) is 2.45. The molecule has 0 aliphatic carbocycles. The van der Waals surface area contributed by atoms with Crippen LogP contribution in [-0.2, 0) is 6.54 Å². The minimum Gasteiger partial charge on any atom is -0.356 e. The van der Waals surface area contributed by atoms with Crippen LogP contribution in [0, 0.1) is 12.7 Å². The second-order valence-corrected chi connectivity index (χ2v) is 3.67. The smallest absolute Gasteiger partial charge is 0.171 e. The van der Waals surface area contributed by atoms with Gasteiger partial charge in [-0.3, -0.25) is 0 Å². The van der Waals surface area contributed by atoms with Gasteiger partial charge in [0.15, 0.2) is 5.76 Å². The molecule has 16 heavy (non-hydrogen) atoms. The molecular formula is C12H13FN2O. The summed E-state index contributed by atoms with van der Waals surface area (Å²) in [5.41, 5.74) is 2.26. The van der Waals surface area contributed by atoms with Crippen LogP contribution in [0.4, 0.5) is 4.39 Å². The first kappa shape index (κ1) is 10.8. The first-order valence-corrected chi connectivity index (χ1v) is 5.07. The predicted octanol–water partition coefficient (Wildman–Crippen LogP) is 2.51. The molecule has 0 amide bonds. The van der Waals surface area contributed by atoms with Gasteiger partial charge in [0.25, 0.3) is 0 Å². The van der Waals surface area contributed by atoms with Crippen molar-refractivity contribution in [3.63, 3.8) is 0 Å². The fourth-order valence-corrected chi connectivity index (χ4v) is 1.55. The van der Waals surface area contributed by atoms with Crippen molar-refractivity contribution in [3.05, 3.63) is 41.3 Å². The third kappa shape index (κ3) is 1.97. The first-order chi connectivity index (χ1) is 7.72. The molecule has 0 bridgehead atoms. The molecule has 0 saturated carbocycles. The number of benzene rings is 1. The quantitative estimate of drug-likeness (QED) is 0.863. The van der Waals surface area contributed by atoms with Gasteiger partial charge in [-0.25, -0.2) is 4.39 Å². The Morgan fingerprint density at radius 1 is 1.44 bits per heavy atom. The van der Waals surface area contributed by atoms with Gasteiger partial charge in [-0.1, -0.05) is 17.3 Å². The van der Waals surface area contributed by atoms with E-state index in [1.165, 1.54) is 6.07 Å². The Morgan fingerprint density at radius 2 is 2.25 bits per heavy atom. The lowest BCUT2D eigenvalue weighted by Gasteiger charge is -2.02. The van der Waals surface area contributed by atoms with E-state index in [1.54, 1.807) is 19.2 Å². The number of rotatable bonds is 3. The molecule has 0 fully saturated rings. The van der Waals surface area contributed by atoms with Crippen molar-refractivity contribution in [2.45, 2.75) is 13.5 Å². The zero-order valence-electron chi connectivity index (χ0n) is 9.25. The number of aromatic nitrogens is 1. The lowest BCUT2D eigenvalue weighted by molar-refractivity contribution is 0.431. The van der Waals surface area contributed by atoms with Crippen molar-refractivity contribution in [1.29, 1.82) is 0 Å². The van der Waals surface area contributed by atoms with Gasteiger partial charge in [0.05, 0.1) is 6.20 Å². The zero-order valence-corrected chi connectivity index (χ0v) is 9.25. The van der Waals surface area contributed by atoms with Crippen molar-refractivity contribution in [3.8, 4) is 11.3 Å². The second-order valence-electron chi connectivity index (χ2n) is 3.67. The molecule has 0 radical (unpaired) electrons. The number of hydrogen-bond acceptors (Lipinski definition) is 3. The van der Waals surface area contributed by atoms with Crippen LogP contribution < -0.4 is 5.32 Å². The minimum absolute atomic E-state index is 0.232. The Balaban J connectivity index is 2.42. The molecular weight excluding hydrogens is 207 g/mol. The largest absolute Gasteiger partial charge is 0.356 e. The van der Waals surface area contributed by atoms with Crippen LogP contribution in [0.3, 0.4) is 0 Å². The van der Waals surface area contributed by atoms with Gasteiger partial charge < -0.3 is 9.84 Å². The Labute approximate surface area is 93.3 Å². The number of nitrogens with one attached hydrogen (secondary N) is 1.